The summed E-state index contributed by atoms with van der Waals surface area (Å²) in [5.74, 6) is -8.53. The fourth-order valence-corrected chi connectivity index (χ4v) is 14.1. The van der Waals surface area contributed by atoms with Crippen LogP contribution in [-0.4, -0.2) is 261 Å². The molecule has 0 spiro atoms. The molecule has 4 aliphatic heterocycles. The van der Waals surface area contributed by atoms with Crippen LogP contribution < -0.4 is 26.0 Å². The minimum atomic E-state index is -2.06. The van der Waals surface area contributed by atoms with Crippen molar-refractivity contribution in [3.05, 3.63) is 71.8 Å². The van der Waals surface area contributed by atoms with Crippen LogP contribution in [0.4, 0.5) is 10.5 Å². The smallest absolute Gasteiger partial charge is 0.410 e. The maximum absolute atomic E-state index is 15.0. The number of aliphatic carboxylic acids is 1. The predicted octanol–water partition coefficient (Wildman–Crippen LogP) is 3.51. The van der Waals surface area contributed by atoms with Crippen molar-refractivity contribution in [1.29, 1.82) is 0 Å². The zero-order valence-corrected chi connectivity index (χ0v) is 63.3. The van der Waals surface area contributed by atoms with Crippen LogP contribution in [0.25, 0.3) is 0 Å². The molecule has 15 atom stereocenters. The summed E-state index contributed by atoms with van der Waals surface area (Å²) in [6, 6.07) is 8.78. The van der Waals surface area contributed by atoms with Gasteiger partial charge in [0.25, 0.3) is 11.8 Å². The van der Waals surface area contributed by atoms with E-state index in [4.69, 9.17) is 28.4 Å². The monoisotopic (exact) mass is 1460 g/mol. The summed E-state index contributed by atoms with van der Waals surface area (Å²) in [6.07, 6.45) is -9.51. The van der Waals surface area contributed by atoms with Crippen LogP contribution in [0.1, 0.15) is 146 Å². The molecule has 580 valence electrons. The second-order valence-electron chi connectivity index (χ2n) is 30.5. The highest BCUT2D eigenvalue weighted by atomic mass is 16.7. The number of benzene rings is 2. The first-order valence-electron chi connectivity index (χ1n) is 35.8. The highest BCUT2D eigenvalue weighted by molar-refractivity contribution is 6.16. The van der Waals surface area contributed by atoms with Crippen molar-refractivity contribution < 1.29 is 102 Å². The number of nitrogens with one attached hydrogen (secondary N) is 4. The zero-order valence-electron chi connectivity index (χ0n) is 63.3. The third-order valence-electron chi connectivity index (χ3n) is 20.0. The molecule has 3 saturated heterocycles. The summed E-state index contributed by atoms with van der Waals surface area (Å²) < 4.78 is 35.0. The molecule has 0 saturated carbocycles. The van der Waals surface area contributed by atoms with Crippen LogP contribution in [-0.2, 0) is 73.4 Å². The van der Waals surface area contributed by atoms with Crippen LogP contribution in [0.2, 0.25) is 0 Å². The van der Waals surface area contributed by atoms with E-state index in [1.54, 1.807) is 77.8 Å². The summed E-state index contributed by atoms with van der Waals surface area (Å²) in [4.78, 5) is 146. The number of aliphatic hydroxyl groups excluding tert-OH is 4. The van der Waals surface area contributed by atoms with E-state index in [0.717, 1.165) is 22.0 Å². The molecule has 4 aliphatic rings. The van der Waals surface area contributed by atoms with E-state index >= 15 is 0 Å². The lowest BCUT2D eigenvalue weighted by Crippen LogP contribution is -2.77. The third-order valence-corrected chi connectivity index (χ3v) is 20.0. The highest BCUT2D eigenvalue weighted by Crippen LogP contribution is 2.37. The van der Waals surface area contributed by atoms with E-state index in [2.05, 4.69) is 21.3 Å². The Labute approximate surface area is 610 Å². The maximum Gasteiger partial charge on any atom is 0.410 e. The number of ether oxygens (including phenoxy) is 6. The molecule has 30 heteroatoms. The summed E-state index contributed by atoms with van der Waals surface area (Å²) in [6.45, 7) is 24.8. The molecule has 0 radical (unpaired) electrons. The van der Waals surface area contributed by atoms with Gasteiger partial charge in [0.2, 0.25) is 41.7 Å². The Kier molecular flexibility index (Phi) is 30.4. The van der Waals surface area contributed by atoms with Gasteiger partial charge in [-0.05, 0) is 93.4 Å². The highest BCUT2D eigenvalue weighted by Gasteiger charge is 2.58. The molecule has 30 nitrogen and oxygen atoms in total. The second-order valence-corrected chi connectivity index (χ2v) is 30.5. The summed E-state index contributed by atoms with van der Waals surface area (Å²) in [5, 5.41) is 63.8. The molecule has 0 aliphatic carbocycles. The topological polar surface area (TPSA) is 392 Å². The zero-order chi connectivity index (χ0) is 77.6. The van der Waals surface area contributed by atoms with Crippen LogP contribution in [0.5, 0.6) is 5.75 Å². The number of likely N-dealkylation sites (tertiary alicyclic amines) is 2. The van der Waals surface area contributed by atoms with Crippen LogP contribution in [0.15, 0.2) is 60.7 Å². The number of carboxylic acids is 1. The quantitative estimate of drug-likeness (QED) is 0.0441. The number of carboxylic acid groups (broad SMARTS) is 1. The number of methoxy groups -OCH3 is 2. The van der Waals surface area contributed by atoms with E-state index in [-0.39, 0.29) is 71.8 Å². The molecular formula is C74H113N9O21. The van der Waals surface area contributed by atoms with Gasteiger partial charge < -0.3 is 85.0 Å². The number of anilines is 1. The first-order valence-corrected chi connectivity index (χ1v) is 35.8. The lowest BCUT2D eigenvalue weighted by Gasteiger charge is -2.54. The minimum Gasteiger partial charge on any atom is -0.479 e. The Morgan fingerprint density at radius 1 is 0.808 bits per heavy atom. The summed E-state index contributed by atoms with van der Waals surface area (Å²) in [5.41, 5.74) is -1.54. The lowest BCUT2D eigenvalue weighted by atomic mass is 9.81. The number of carbonyl (C=O) groups excluding carboxylic acids is 9. The van der Waals surface area contributed by atoms with Gasteiger partial charge in [0.05, 0.1) is 60.1 Å². The molecule has 4 heterocycles. The van der Waals surface area contributed by atoms with Crippen molar-refractivity contribution >= 4 is 65.0 Å². The van der Waals surface area contributed by atoms with Gasteiger partial charge in [-0.2, -0.15) is 0 Å². The Bertz CT molecular complexity index is 3320. The first-order chi connectivity index (χ1) is 48.7. The van der Waals surface area contributed by atoms with Crippen molar-refractivity contribution in [2.24, 2.45) is 29.1 Å². The fourth-order valence-electron chi connectivity index (χ4n) is 14.1. The van der Waals surface area contributed by atoms with Crippen LogP contribution in [0, 0.1) is 29.1 Å². The number of hydrogen-bond acceptors (Lipinski definition) is 21. The van der Waals surface area contributed by atoms with Crippen LogP contribution >= 0.6 is 0 Å². The van der Waals surface area contributed by atoms with E-state index < -0.39 is 163 Å². The fraction of sp³-hybridized carbons (Fsp3) is 0.676. The molecule has 9 amide bonds. The van der Waals surface area contributed by atoms with Gasteiger partial charge in [-0.25, -0.2) is 9.59 Å². The van der Waals surface area contributed by atoms with Gasteiger partial charge in [0.15, 0.2) is 11.6 Å². The van der Waals surface area contributed by atoms with Gasteiger partial charge >= 0.3 is 12.1 Å². The summed E-state index contributed by atoms with van der Waals surface area (Å²) >= 11 is 0. The number of nitrogens with zero attached hydrogens (tertiary/aromatic N) is 5. The molecule has 3 fully saturated rings. The molecule has 9 N–H and O–H groups in total. The Morgan fingerprint density at radius 3 is 2.03 bits per heavy atom. The number of imide groups is 1. The average molecular weight is 1460 g/mol. The van der Waals surface area contributed by atoms with Gasteiger partial charge in [0.1, 0.15) is 42.8 Å². The minimum absolute atomic E-state index is 0.0195. The van der Waals surface area contributed by atoms with Gasteiger partial charge in [-0.3, -0.25) is 53.1 Å². The number of rotatable bonds is 36. The number of likely N-dealkylation sites (N-methyl/N-ethyl adjacent to an activating group) is 2. The average Bonchev–Trinajstić information content (AvgIpc) is 1.34. The molecule has 0 aromatic heterocycles. The molecular weight excluding hydrogens is 1350 g/mol. The van der Waals surface area contributed by atoms with Crippen molar-refractivity contribution in [2.45, 2.75) is 226 Å². The predicted molar refractivity (Wildman–Crippen MR) is 380 cm³/mol. The molecule has 0 bridgehead atoms. The van der Waals surface area contributed by atoms with Gasteiger partial charge in [-0.15, -0.1) is 0 Å². The van der Waals surface area contributed by atoms with Crippen molar-refractivity contribution in [1.82, 2.24) is 40.4 Å². The van der Waals surface area contributed by atoms with Crippen molar-refractivity contribution in [2.75, 3.05) is 73.0 Å². The molecule has 104 heavy (non-hydrogen) atoms. The number of hydrogen-bond donors (Lipinski definition) is 9. The summed E-state index contributed by atoms with van der Waals surface area (Å²) in [7, 11) is 5.91. The van der Waals surface area contributed by atoms with Crippen molar-refractivity contribution in [3.63, 3.8) is 0 Å². The second kappa shape index (κ2) is 37.0. The van der Waals surface area contributed by atoms with Gasteiger partial charge in [-0.1, -0.05) is 105 Å². The maximum atomic E-state index is 15.0. The van der Waals surface area contributed by atoms with E-state index in [0.29, 0.717) is 50.9 Å². The number of amides is 9. The van der Waals surface area contributed by atoms with E-state index in [1.165, 1.54) is 44.4 Å². The Morgan fingerprint density at radius 2 is 1.45 bits per heavy atom. The molecule has 2 aromatic carbocycles. The molecule has 2 aromatic rings. The third kappa shape index (κ3) is 21.3. The van der Waals surface area contributed by atoms with Crippen molar-refractivity contribution in [3.8, 4) is 5.75 Å². The number of carbonyl (C=O) groups is 10. The van der Waals surface area contributed by atoms with E-state index in [9.17, 15) is 73.5 Å². The SMILES string of the molecule is CC[C@H](C)[C@@H]([C@@H](CC(=O)N1CCC[C@H]1[C@H](OC)[C@@H](C)C(=O)N[C@H](C)[C@@H](O)c1ccccc1)OC)N(C)C(=O)[C@@H](NC(=O)[C@H](C(C)C)N(C)C(=O)OCc1ccc(O[C@@H]2O[C@H](C(=O)O)[C@@H](O)[C@H](O)[C@H]2O)c(NC(=O)CCNC(=O)C2(N3C(=O)C=CC3=O)CN(CC(C)(C)CCOC(C)(C)C)C2)c1)C(C)C. The van der Waals surface area contributed by atoms with Gasteiger partial charge in [0, 0.05) is 86.2 Å². The molecule has 0 unspecified atom stereocenters. The standard InChI is InChI=1S/C74H113N9O21/c1-18-43(6)58(51(99-16)36-55(87)82-33-22-25-49(82)63(100-17)44(7)65(92)76-45(8)59(88)47-23-20-19-21-24-47)79(14)67(94)56(41(2)3)78-66(93)57(42(4)5)80(15)71(98)101-37-46-26-27-50(103-69-62(91)60(89)61(90)64(104-69)68(95)96)48(35-46)77-52(84)30-32-75-70(97)74(83-53(85)28-29-54(83)86)39-81(40-74)38-73(12,13)31-34-102-72(9,10)11/h19-21,23-24,26-29,35,41-45,49,51,56-64,69,88-91H,18,22,25,30-34,36-40H2,1-17H3,(H,75,97)(H,76,92)(H,77,84)(H,78,93)(H,95,96)/t43-,44+,45+,49-,51+,56-,57-,58-,59+,60-,61-,62+,63+,64-,69+/m0/s1. The Balaban J connectivity index is 1.13. The molecule has 6 rings (SSSR count). The first kappa shape index (κ1) is 85.2. The van der Waals surface area contributed by atoms with Crippen LogP contribution in [0.3, 0.4) is 0 Å². The number of aliphatic hydroxyl groups is 4. The Hall–Kier alpha value is -7.68. The van der Waals surface area contributed by atoms with E-state index in [1.807, 2.05) is 59.4 Å². The normalized spacial score (nSPS) is 22.5. The lowest BCUT2D eigenvalue weighted by molar-refractivity contribution is -0.271. The largest absolute Gasteiger partial charge is 0.479 e.